The maximum Gasteiger partial charge on any atom is 0.264 e. The molecule has 4 aliphatic rings. The normalized spacial score (nSPS) is 19.8. The van der Waals surface area contributed by atoms with E-state index in [2.05, 4.69) is 116 Å². The van der Waals surface area contributed by atoms with Gasteiger partial charge in [-0.05, 0) is 110 Å². The number of hydrogen-bond donors (Lipinski definition) is 1. The van der Waals surface area contributed by atoms with Crippen LogP contribution >= 0.6 is 11.6 Å². The van der Waals surface area contributed by atoms with Crippen molar-refractivity contribution in [2.45, 2.75) is 83.5 Å². The topological polar surface area (TPSA) is 98.0 Å². The van der Waals surface area contributed by atoms with Gasteiger partial charge in [-0.2, -0.15) is 13.0 Å². The van der Waals surface area contributed by atoms with Crippen LogP contribution in [0.15, 0.2) is 131 Å². The number of nitrogens with zero attached hydrogens (tertiary/aromatic N) is 3. The van der Waals surface area contributed by atoms with Crippen LogP contribution in [-0.4, -0.2) is 65.4 Å². The lowest BCUT2D eigenvalue weighted by Gasteiger charge is -2.27. The van der Waals surface area contributed by atoms with E-state index < -0.39 is 10.1 Å². The van der Waals surface area contributed by atoms with Crippen LogP contribution in [-0.2, 0) is 20.9 Å². The molecule has 0 radical (unpaired) electrons. The van der Waals surface area contributed by atoms with Crippen molar-refractivity contribution in [3.8, 4) is 0 Å². The quantitative estimate of drug-likeness (QED) is 0.0623. The molecule has 10 heteroatoms. The smallest absolute Gasteiger partial charge is 0.264 e. The van der Waals surface area contributed by atoms with Gasteiger partial charge in [0.05, 0.1) is 22.3 Å². The van der Waals surface area contributed by atoms with Gasteiger partial charge in [-0.3, -0.25) is 19.0 Å². The maximum atomic E-state index is 13.1. The molecule has 0 unspecified atom stereocenters. The number of para-hydroxylation sites is 1. The fraction of sp³-hybridized carbons (Fsp3) is 0.340. The average molecular weight is 844 g/mol. The third kappa shape index (κ3) is 7.72. The summed E-state index contributed by atoms with van der Waals surface area (Å²) in [4.78, 5) is 29.8. The fourth-order valence-corrected chi connectivity index (χ4v) is 10.6. The van der Waals surface area contributed by atoms with E-state index in [1.165, 1.54) is 38.2 Å². The first-order chi connectivity index (χ1) is 28.7. The van der Waals surface area contributed by atoms with Gasteiger partial charge in [0, 0.05) is 59.0 Å². The Labute approximate surface area is 359 Å². The van der Waals surface area contributed by atoms with Crippen molar-refractivity contribution in [3.05, 3.63) is 153 Å². The largest absolute Gasteiger partial charge is 0.344 e. The molecule has 310 valence electrons. The second-order valence-corrected chi connectivity index (χ2v) is 19.4. The van der Waals surface area contributed by atoms with Crippen LogP contribution in [0.3, 0.4) is 0 Å². The first-order valence-electron chi connectivity index (χ1n) is 21.1. The number of benzene rings is 4. The van der Waals surface area contributed by atoms with Gasteiger partial charge >= 0.3 is 0 Å². The van der Waals surface area contributed by atoms with Gasteiger partial charge in [-0.1, -0.05) is 92.2 Å². The van der Waals surface area contributed by atoms with E-state index in [4.69, 9.17) is 11.6 Å². The maximum absolute atomic E-state index is 13.1. The Hall–Kier alpha value is -5.09. The number of anilines is 1. The molecule has 1 N–H and O–H groups in total. The van der Waals surface area contributed by atoms with Gasteiger partial charge < -0.3 is 4.90 Å². The second kappa shape index (κ2) is 16.4. The zero-order valence-electron chi connectivity index (χ0n) is 34.9. The van der Waals surface area contributed by atoms with Crippen molar-refractivity contribution in [2.24, 2.45) is 0 Å². The van der Waals surface area contributed by atoms with E-state index in [0.29, 0.717) is 43.5 Å². The zero-order valence-corrected chi connectivity index (χ0v) is 36.5. The first kappa shape index (κ1) is 41.6. The van der Waals surface area contributed by atoms with E-state index >= 15 is 0 Å². The highest BCUT2D eigenvalue weighted by molar-refractivity contribution is 7.85. The van der Waals surface area contributed by atoms with Crippen LogP contribution in [0.1, 0.15) is 104 Å². The summed E-state index contributed by atoms with van der Waals surface area (Å²) in [6.45, 7) is 10.8. The van der Waals surface area contributed by atoms with E-state index in [1.54, 1.807) is 24.3 Å². The highest BCUT2D eigenvalue weighted by Crippen LogP contribution is 2.48. The molecule has 8 nitrogen and oxygen atoms in total. The summed E-state index contributed by atoms with van der Waals surface area (Å²) in [5.74, 6) is -0.674. The lowest BCUT2D eigenvalue weighted by atomic mass is 9.79. The minimum atomic E-state index is -4.01. The van der Waals surface area contributed by atoms with Gasteiger partial charge in [-0.15, -0.1) is 0 Å². The molecule has 4 aromatic carbocycles. The standard InChI is InChI=1S/C50H52ClN3O5S/c1-49(2)40-22-9-10-23-41(40)52(31-13-14-33-60(57,58)59)43(49)28-25-35-17-15-18-36(46(35)51)26-29-44-50(3,4)45-37-19-6-5-16-34(37)24-27-42(45)53(44)30-11-12-32-54-47(55)38-20-7-8-21-39(38)48(54)56/h5-10,16,19-29H,11-15,17-18,30-33H2,1-4H3/p+1. The van der Waals surface area contributed by atoms with Crippen LogP contribution in [0.25, 0.3) is 10.8 Å². The van der Waals surface area contributed by atoms with Crippen LogP contribution in [0.2, 0.25) is 0 Å². The molecular formula is C50H53ClN3O5S+. The third-order valence-corrected chi connectivity index (χ3v) is 14.1. The second-order valence-electron chi connectivity index (χ2n) is 17.4. The molecule has 0 fully saturated rings. The van der Waals surface area contributed by atoms with Crippen molar-refractivity contribution in [1.29, 1.82) is 0 Å². The molecular weight excluding hydrogens is 790 g/mol. The van der Waals surface area contributed by atoms with Crippen molar-refractivity contribution >= 4 is 61.4 Å². The summed E-state index contributed by atoms with van der Waals surface area (Å²) in [7, 11) is -4.01. The summed E-state index contributed by atoms with van der Waals surface area (Å²) in [5, 5.41) is 3.21. The van der Waals surface area contributed by atoms with Gasteiger partial charge in [0.1, 0.15) is 6.54 Å². The van der Waals surface area contributed by atoms with E-state index in [-0.39, 0.29) is 28.4 Å². The molecule has 3 heterocycles. The minimum Gasteiger partial charge on any atom is -0.344 e. The number of rotatable bonds is 13. The molecule has 0 spiro atoms. The number of allylic oxidation sites excluding steroid dienone is 8. The summed E-state index contributed by atoms with van der Waals surface area (Å²) in [6.07, 6.45) is 14.0. The summed E-state index contributed by atoms with van der Waals surface area (Å²) in [6, 6.07) is 28.4. The van der Waals surface area contributed by atoms with Crippen LogP contribution < -0.4 is 4.90 Å². The van der Waals surface area contributed by atoms with Crippen molar-refractivity contribution < 1.29 is 27.1 Å². The van der Waals surface area contributed by atoms with Crippen LogP contribution in [0.5, 0.6) is 0 Å². The molecule has 3 aliphatic heterocycles. The first-order valence-corrected chi connectivity index (χ1v) is 23.1. The van der Waals surface area contributed by atoms with E-state index in [0.717, 1.165) is 59.8 Å². The Morgan fingerprint density at radius 3 is 2.17 bits per heavy atom. The number of hydrogen-bond acceptors (Lipinski definition) is 5. The Morgan fingerprint density at radius 1 is 0.750 bits per heavy atom. The number of imide groups is 1. The highest BCUT2D eigenvalue weighted by Gasteiger charge is 2.46. The lowest BCUT2D eigenvalue weighted by molar-refractivity contribution is -0.438. The molecule has 60 heavy (non-hydrogen) atoms. The van der Waals surface area contributed by atoms with Gasteiger partial charge in [-0.25, -0.2) is 0 Å². The number of amides is 2. The molecule has 2 amide bonds. The predicted molar refractivity (Wildman–Crippen MR) is 242 cm³/mol. The average Bonchev–Trinajstić information content (AvgIpc) is 3.70. The highest BCUT2D eigenvalue weighted by atomic mass is 35.5. The Morgan fingerprint density at radius 2 is 1.42 bits per heavy atom. The summed E-state index contributed by atoms with van der Waals surface area (Å²) < 4.78 is 34.6. The van der Waals surface area contributed by atoms with Crippen molar-refractivity contribution in [1.82, 2.24) is 4.90 Å². The predicted octanol–water partition coefficient (Wildman–Crippen LogP) is 10.8. The monoisotopic (exact) mass is 842 g/mol. The van der Waals surface area contributed by atoms with Crippen molar-refractivity contribution in [3.63, 3.8) is 0 Å². The number of unbranched alkanes of at least 4 members (excludes halogenated alkanes) is 2. The molecule has 8 rings (SSSR count). The Balaban J connectivity index is 1.07. The number of carbonyl (C=O) groups is 2. The summed E-state index contributed by atoms with van der Waals surface area (Å²) >= 11 is 7.31. The Kier molecular flexibility index (Phi) is 11.4. The molecule has 0 bridgehead atoms. The Bertz CT molecular complexity index is 2650. The fourth-order valence-electron chi connectivity index (χ4n) is 9.76. The van der Waals surface area contributed by atoms with Gasteiger partial charge in [0.15, 0.2) is 5.71 Å². The lowest BCUT2D eigenvalue weighted by Crippen LogP contribution is -2.31. The SMILES string of the molecule is CC1(C)C(/C=C/C2=C(Cl)C(=C/C=C3/N(CCCCS(=O)(=O)O)c4ccccc4C3(C)C)/CCC2)=[N+](CCCCN2C(=O)c3ccccc3C2=O)c2ccc3ccccc3c21. The molecule has 1 aliphatic carbocycles. The van der Waals surface area contributed by atoms with E-state index in [9.17, 15) is 22.6 Å². The number of halogens is 1. The molecule has 0 saturated carbocycles. The van der Waals surface area contributed by atoms with Crippen molar-refractivity contribution in [2.75, 3.05) is 30.3 Å². The molecule has 4 aromatic rings. The minimum absolute atomic E-state index is 0.213. The van der Waals surface area contributed by atoms with Crippen LogP contribution in [0.4, 0.5) is 11.4 Å². The van der Waals surface area contributed by atoms with E-state index in [1.807, 2.05) is 6.07 Å². The van der Waals surface area contributed by atoms with Gasteiger partial charge in [0.25, 0.3) is 21.9 Å². The van der Waals surface area contributed by atoms with Gasteiger partial charge in [0.2, 0.25) is 5.69 Å². The summed E-state index contributed by atoms with van der Waals surface area (Å²) in [5.41, 5.74) is 9.67. The number of fused-ring (bicyclic) bond motifs is 5. The molecule has 0 saturated heterocycles. The van der Waals surface area contributed by atoms with Crippen LogP contribution in [0, 0.1) is 0 Å². The molecule has 0 atom stereocenters. The number of carbonyl (C=O) groups excluding carboxylic acids is 2. The third-order valence-electron chi connectivity index (χ3n) is 12.8. The molecule has 0 aromatic heterocycles. The zero-order chi connectivity index (χ0) is 42.4.